The lowest BCUT2D eigenvalue weighted by Gasteiger charge is -2.18. The fourth-order valence-corrected chi connectivity index (χ4v) is 3.73. The molecule has 0 saturated carbocycles. The van der Waals surface area contributed by atoms with Crippen LogP contribution in [-0.4, -0.2) is 11.5 Å². The van der Waals surface area contributed by atoms with Gasteiger partial charge in [-0.15, -0.1) is 0 Å². The highest BCUT2D eigenvalue weighted by Crippen LogP contribution is 2.42. The molecular formula is C25H24ClNO3. The van der Waals surface area contributed by atoms with Gasteiger partial charge in [-0.25, -0.2) is 0 Å². The van der Waals surface area contributed by atoms with Gasteiger partial charge in [0.05, 0.1) is 0 Å². The molecule has 0 spiro atoms. The van der Waals surface area contributed by atoms with Gasteiger partial charge < -0.3 is 14.8 Å². The number of rotatable bonds is 5. The molecule has 0 atom stereocenters. The minimum absolute atomic E-state index is 0.177. The summed E-state index contributed by atoms with van der Waals surface area (Å²) in [5.74, 6) is 1.40. The second-order valence-electron chi connectivity index (χ2n) is 8.14. The molecule has 1 aliphatic rings. The zero-order chi connectivity index (χ0) is 21.3. The molecule has 1 heterocycles. The monoisotopic (exact) mass is 421 g/mol. The Labute approximate surface area is 181 Å². The summed E-state index contributed by atoms with van der Waals surface area (Å²) < 4.78 is 12.1. The van der Waals surface area contributed by atoms with Gasteiger partial charge in [0.15, 0.2) is 11.5 Å². The number of para-hydroxylation sites is 1. The maximum atomic E-state index is 12.6. The van der Waals surface area contributed by atoms with E-state index in [2.05, 4.69) is 25.2 Å². The van der Waals surface area contributed by atoms with Crippen LogP contribution in [0.4, 0.5) is 5.69 Å². The summed E-state index contributed by atoms with van der Waals surface area (Å²) >= 11 is 6.13. The fourth-order valence-electron chi connectivity index (χ4n) is 3.55. The first-order valence-corrected chi connectivity index (χ1v) is 10.3. The van der Waals surface area contributed by atoms with Crippen LogP contribution in [0.3, 0.4) is 0 Å². The van der Waals surface area contributed by atoms with Crippen molar-refractivity contribution in [1.82, 2.24) is 0 Å². The molecule has 5 heteroatoms. The van der Waals surface area contributed by atoms with E-state index < -0.39 is 0 Å². The molecule has 0 unspecified atom stereocenters. The fraction of sp³-hybridized carbons (Fsp3) is 0.240. The number of carbonyl (C=O) groups is 1. The summed E-state index contributed by atoms with van der Waals surface area (Å²) in [4.78, 5) is 12.6. The van der Waals surface area contributed by atoms with Gasteiger partial charge in [-0.2, -0.15) is 0 Å². The third-order valence-corrected chi connectivity index (χ3v) is 5.59. The number of benzene rings is 3. The van der Waals surface area contributed by atoms with Crippen molar-refractivity contribution in [2.24, 2.45) is 0 Å². The van der Waals surface area contributed by atoms with Crippen molar-refractivity contribution in [1.29, 1.82) is 0 Å². The van der Waals surface area contributed by atoms with Gasteiger partial charge in [-0.1, -0.05) is 41.9 Å². The van der Waals surface area contributed by atoms with Crippen LogP contribution in [0.25, 0.3) is 0 Å². The lowest BCUT2D eigenvalue weighted by molar-refractivity contribution is 0.102. The summed E-state index contributed by atoms with van der Waals surface area (Å²) in [5, 5.41) is 3.53. The molecule has 0 saturated heterocycles. The number of hydrogen-bond acceptors (Lipinski definition) is 3. The molecule has 0 aliphatic carbocycles. The van der Waals surface area contributed by atoms with E-state index in [1.807, 2.05) is 43.3 Å². The predicted molar refractivity (Wildman–Crippen MR) is 120 cm³/mol. The second kappa shape index (κ2) is 8.04. The zero-order valence-corrected chi connectivity index (χ0v) is 18.0. The third kappa shape index (κ3) is 4.29. The van der Waals surface area contributed by atoms with Gasteiger partial charge in [-0.3, -0.25) is 4.79 Å². The molecule has 0 fully saturated rings. The van der Waals surface area contributed by atoms with Crippen molar-refractivity contribution >= 4 is 23.2 Å². The largest absolute Gasteiger partial charge is 0.485 e. The normalized spacial score (nSPS) is 14.0. The minimum atomic E-state index is -0.210. The summed E-state index contributed by atoms with van der Waals surface area (Å²) in [7, 11) is 0. The summed E-state index contributed by atoms with van der Waals surface area (Å²) in [6.07, 6.45) is 0.870. The van der Waals surface area contributed by atoms with E-state index in [0.717, 1.165) is 29.0 Å². The average molecular weight is 422 g/mol. The standard InChI is InChI=1S/C25H24ClNO3/c1-16-20(26)7-5-8-21(16)27-24(28)18-12-10-17(11-13-18)15-29-22-9-4-6-19-14-25(2,3)30-23(19)22/h4-13H,14-15H2,1-3H3,(H,27,28). The zero-order valence-electron chi connectivity index (χ0n) is 17.3. The maximum absolute atomic E-state index is 12.6. The van der Waals surface area contributed by atoms with Crippen molar-refractivity contribution < 1.29 is 14.3 Å². The first-order chi connectivity index (χ1) is 14.3. The molecule has 0 radical (unpaired) electrons. The highest BCUT2D eigenvalue weighted by atomic mass is 35.5. The highest BCUT2D eigenvalue weighted by Gasteiger charge is 2.32. The first-order valence-electron chi connectivity index (χ1n) is 9.91. The lowest BCUT2D eigenvalue weighted by Crippen LogP contribution is -2.24. The molecule has 1 aliphatic heterocycles. The smallest absolute Gasteiger partial charge is 0.255 e. The summed E-state index contributed by atoms with van der Waals surface area (Å²) in [5.41, 5.74) is 4.06. The van der Waals surface area contributed by atoms with Crippen LogP contribution in [-0.2, 0) is 13.0 Å². The Bertz CT molecular complexity index is 1090. The van der Waals surface area contributed by atoms with Crippen molar-refractivity contribution in [2.75, 3.05) is 5.32 Å². The predicted octanol–water partition coefficient (Wildman–Crippen LogP) is 6.19. The Hall–Kier alpha value is -2.98. The first kappa shape index (κ1) is 20.3. The van der Waals surface area contributed by atoms with Gasteiger partial charge in [0.2, 0.25) is 0 Å². The number of hydrogen-bond donors (Lipinski definition) is 1. The number of fused-ring (bicyclic) bond motifs is 1. The van der Waals surface area contributed by atoms with Crippen LogP contribution in [0, 0.1) is 6.92 Å². The SMILES string of the molecule is Cc1c(Cl)cccc1NC(=O)c1ccc(COc2cccc3c2OC(C)(C)C3)cc1. The van der Waals surface area contributed by atoms with Crippen molar-refractivity contribution in [3.8, 4) is 11.5 Å². The molecule has 4 rings (SSSR count). The Kier molecular flexibility index (Phi) is 5.44. The number of ether oxygens (including phenoxy) is 2. The lowest BCUT2D eigenvalue weighted by atomic mass is 10.0. The van der Waals surface area contributed by atoms with Crippen molar-refractivity contribution in [3.05, 3.63) is 87.9 Å². The quantitative estimate of drug-likeness (QED) is 0.534. The number of amides is 1. The molecular weight excluding hydrogens is 398 g/mol. The number of halogens is 1. The molecule has 0 bridgehead atoms. The second-order valence-corrected chi connectivity index (χ2v) is 8.54. The van der Waals surface area contributed by atoms with Crippen LogP contribution in [0.15, 0.2) is 60.7 Å². The van der Waals surface area contributed by atoms with Crippen molar-refractivity contribution in [2.45, 2.75) is 39.4 Å². The van der Waals surface area contributed by atoms with Crippen LogP contribution >= 0.6 is 11.6 Å². The Morgan fingerprint density at radius 3 is 2.60 bits per heavy atom. The summed E-state index contributed by atoms with van der Waals surface area (Å²) in [6, 6.07) is 18.8. The Morgan fingerprint density at radius 1 is 1.10 bits per heavy atom. The number of nitrogens with one attached hydrogen (secondary N) is 1. The molecule has 1 amide bonds. The van der Waals surface area contributed by atoms with E-state index >= 15 is 0 Å². The topological polar surface area (TPSA) is 47.6 Å². The van der Waals surface area contributed by atoms with Crippen LogP contribution < -0.4 is 14.8 Å². The highest BCUT2D eigenvalue weighted by molar-refractivity contribution is 6.31. The van der Waals surface area contributed by atoms with E-state index in [9.17, 15) is 4.79 Å². The number of carbonyl (C=O) groups excluding carboxylic acids is 1. The van der Waals surface area contributed by atoms with Gasteiger partial charge in [0.25, 0.3) is 5.91 Å². The summed E-state index contributed by atoms with van der Waals surface area (Å²) in [6.45, 7) is 6.43. The number of anilines is 1. The minimum Gasteiger partial charge on any atom is -0.485 e. The van der Waals surface area contributed by atoms with Crippen LogP contribution in [0.1, 0.15) is 40.9 Å². The molecule has 0 aromatic heterocycles. The molecule has 3 aromatic rings. The van der Waals surface area contributed by atoms with Gasteiger partial charge in [-0.05, 0) is 62.2 Å². The van der Waals surface area contributed by atoms with Gasteiger partial charge in [0, 0.05) is 28.3 Å². The molecule has 3 aromatic carbocycles. The molecule has 154 valence electrons. The molecule has 30 heavy (non-hydrogen) atoms. The Balaban J connectivity index is 1.41. The van der Waals surface area contributed by atoms with E-state index in [-0.39, 0.29) is 11.5 Å². The molecule has 1 N–H and O–H groups in total. The average Bonchev–Trinajstić information content (AvgIpc) is 3.04. The van der Waals surface area contributed by atoms with E-state index in [4.69, 9.17) is 21.1 Å². The third-order valence-electron chi connectivity index (χ3n) is 5.18. The van der Waals surface area contributed by atoms with Gasteiger partial charge >= 0.3 is 0 Å². The Morgan fingerprint density at radius 2 is 1.83 bits per heavy atom. The van der Waals surface area contributed by atoms with Crippen LogP contribution in [0.5, 0.6) is 11.5 Å². The maximum Gasteiger partial charge on any atom is 0.255 e. The molecule has 4 nitrogen and oxygen atoms in total. The van der Waals surface area contributed by atoms with Crippen LogP contribution in [0.2, 0.25) is 5.02 Å². The van der Waals surface area contributed by atoms with E-state index in [1.54, 1.807) is 18.2 Å². The van der Waals surface area contributed by atoms with Crippen molar-refractivity contribution in [3.63, 3.8) is 0 Å². The van der Waals surface area contributed by atoms with E-state index in [1.165, 1.54) is 5.56 Å². The van der Waals surface area contributed by atoms with Gasteiger partial charge in [0.1, 0.15) is 12.2 Å². The van der Waals surface area contributed by atoms with E-state index in [0.29, 0.717) is 22.9 Å².